The van der Waals surface area contributed by atoms with E-state index in [9.17, 15) is 27.6 Å². The number of amides is 3. The zero-order valence-electron chi connectivity index (χ0n) is 11.1. The number of carbonyl (C=O) groups is 3. The third kappa shape index (κ3) is 2.37. The first-order valence-corrected chi connectivity index (χ1v) is 6.01. The van der Waals surface area contributed by atoms with Crippen LogP contribution in [0.15, 0.2) is 12.1 Å². The Morgan fingerprint density at radius 2 is 1.76 bits per heavy atom. The van der Waals surface area contributed by atoms with Crippen molar-refractivity contribution in [2.75, 3.05) is 12.4 Å². The van der Waals surface area contributed by atoms with Gasteiger partial charge in [-0.2, -0.15) is 0 Å². The van der Waals surface area contributed by atoms with Crippen molar-refractivity contribution in [1.82, 2.24) is 4.90 Å². The van der Waals surface area contributed by atoms with Gasteiger partial charge in [0.05, 0.1) is 11.6 Å². The summed E-state index contributed by atoms with van der Waals surface area (Å²) in [6.45, 7) is 1.38. The maximum atomic E-state index is 13.5. The number of imide groups is 1. The lowest BCUT2D eigenvalue weighted by atomic mass is 9.96. The van der Waals surface area contributed by atoms with Gasteiger partial charge in [-0.3, -0.25) is 19.3 Å². The Morgan fingerprint density at radius 1 is 1.14 bits per heavy atom. The molecule has 21 heavy (non-hydrogen) atoms. The first kappa shape index (κ1) is 15.0. The second-order valence-electron chi connectivity index (χ2n) is 4.71. The van der Waals surface area contributed by atoms with Gasteiger partial charge in [0.25, 0.3) is 0 Å². The van der Waals surface area contributed by atoms with Crippen LogP contribution in [0.1, 0.15) is 6.92 Å². The lowest BCUT2D eigenvalue weighted by molar-refractivity contribution is -0.138. The van der Waals surface area contributed by atoms with E-state index in [0.717, 1.165) is 11.0 Å². The number of anilines is 1. The van der Waals surface area contributed by atoms with Crippen molar-refractivity contribution in [2.24, 2.45) is 11.8 Å². The summed E-state index contributed by atoms with van der Waals surface area (Å²) >= 11 is 0. The molecule has 0 aliphatic carbocycles. The van der Waals surface area contributed by atoms with Gasteiger partial charge < -0.3 is 5.32 Å². The number of hydrogen-bond acceptors (Lipinski definition) is 3. The molecule has 0 aromatic heterocycles. The second kappa shape index (κ2) is 5.19. The molecule has 112 valence electrons. The number of benzene rings is 1. The molecule has 1 aromatic rings. The standard InChI is InChI=1S/C13H11F3N2O3/c1-5-8(13(21)18(2)12(5)20)11(19)17-7-4-3-6(14)9(15)10(7)16/h3-5,8H,1-2H3,(H,17,19). The van der Waals surface area contributed by atoms with Crippen LogP contribution in [0.3, 0.4) is 0 Å². The maximum absolute atomic E-state index is 13.5. The minimum atomic E-state index is -1.73. The molecule has 2 atom stereocenters. The van der Waals surface area contributed by atoms with Gasteiger partial charge in [0.2, 0.25) is 17.7 Å². The Morgan fingerprint density at radius 3 is 2.29 bits per heavy atom. The van der Waals surface area contributed by atoms with Gasteiger partial charge in [-0.1, -0.05) is 6.92 Å². The molecule has 1 aromatic carbocycles. The summed E-state index contributed by atoms with van der Waals surface area (Å²) in [6, 6.07) is 1.48. The Labute approximate surface area is 117 Å². The van der Waals surface area contributed by atoms with Gasteiger partial charge >= 0.3 is 0 Å². The van der Waals surface area contributed by atoms with Gasteiger partial charge in [0.15, 0.2) is 17.5 Å². The fraction of sp³-hybridized carbons (Fsp3) is 0.308. The van der Waals surface area contributed by atoms with Crippen molar-refractivity contribution >= 4 is 23.4 Å². The molecule has 1 aliphatic rings. The average molecular weight is 300 g/mol. The van der Waals surface area contributed by atoms with E-state index in [2.05, 4.69) is 0 Å². The van der Waals surface area contributed by atoms with E-state index in [4.69, 9.17) is 0 Å². The second-order valence-corrected chi connectivity index (χ2v) is 4.71. The Kier molecular flexibility index (Phi) is 3.71. The summed E-state index contributed by atoms with van der Waals surface area (Å²) in [5.41, 5.74) is -0.596. The molecule has 0 saturated carbocycles. The van der Waals surface area contributed by atoms with Gasteiger partial charge in [-0.05, 0) is 12.1 Å². The van der Waals surface area contributed by atoms with Crippen LogP contribution in [-0.2, 0) is 14.4 Å². The largest absolute Gasteiger partial charge is 0.323 e. The number of nitrogens with one attached hydrogen (secondary N) is 1. The van der Waals surface area contributed by atoms with Gasteiger partial charge in [-0.15, -0.1) is 0 Å². The molecule has 2 unspecified atom stereocenters. The van der Waals surface area contributed by atoms with Gasteiger partial charge in [0, 0.05) is 7.05 Å². The predicted molar refractivity (Wildman–Crippen MR) is 65.4 cm³/mol. The van der Waals surface area contributed by atoms with Crippen LogP contribution < -0.4 is 5.32 Å². The third-order valence-corrected chi connectivity index (χ3v) is 3.39. The summed E-state index contributed by atoms with van der Waals surface area (Å²) in [5, 5.41) is 2.00. The molecule has 0 radical (unpaired) electrons. The lowest BCUT2D eigenvalue weighted by Gasteiger charge is -2.12. The van der Waals surface area contributed by atoms with Crippen LogP contribution in [-0.4, -0.2) is 29.7 Å². The molecule has 1 heterocycles. The van der Waals surface area contributed by atoms with Gasteiger partial charge in [-0.25, -0.2) is 13.2 Å². The summed E-state index contributed by atoms with van der Waals surface area (Å²) < 4.78 is 39.3. The Bertz CT molecular complexity index is 648. The lowest BCUT2D eigenvalue weighted by Crippen LogP contribution is -2.33. The third-order valence-electron chi connectivity index (χ3n) is 3.39. The minimum absolute atomic E-state index is 0.536. The molecule has 8 heteroatoms. The van der Waals surface area contributed by atoms with E-state index >= 15 is 0 Å². The summed E-state index contributed by atoms with van der Waals surface area (Å²) in [4.78, 5) is 36.2. The summed E-state index contributed by atoms with van der Waals surface area (Å²) in [5.74, 6) is -9.14. The molecule has 3 amide bonds. The fourth-order valence-electron chi connectivity index (χ4n) is 2.15. The number of rotatable bonds is 2. The Balaban J connectivity index is 2.25. The van der Waals surface area contributed by atoms with Gasteiger partial charge in [0.1, 0.15) is 5.92 Å². The molecule has 1 saturated heterocycles. The smallest absolute Gasteiger partial charge is 0.242 e. The SMILES string of the molecule is CC1C(=O)N(C)C(=O)C1C(=O)Nc1ccc(F)c(F)c1F. The van der Waals surface area contributed by atoms with Crippen molar-refractivity contribution in [3.05, 3.63) is 29.6 Å². The topological polar surface area (TPSA) is 66.5 Å². The Hall–Kier alpha value is -2.38. The monoisotopic (exact) mass is 300 g/mol. The number of carbonyl (C=O) groups excluding carboxylic acids is 3. The normalized spacial score (nSPS) is 21.9. The van der Waals surface area contributed by atoms with E-state index in [1.807, 2.05) is 5.32 Å². The van der Waals surface area contributed by atoms with E-state index in [1.165, 1.54) is 14.0 Å². The highest BCUT2D eigenvalue weighted by Crippen LogP contribution is 2.27. The van der Waals surface area contributed by atoms with Crippen LogP contribution in [0.5, 0.6) is 0 Å². The van der Waals surface area contributed by atoms with Crippen molar-refractivity contribution < 1.29 is 27.6 Å². The number of halogens is 3. The molecule has 1 aliphatic heterocycles. The fourth-order valence-corrected chi connectivity index (χ4v) is 2.15. The molecular weight excluding hydrogens is 289 g/mol. The van der Waals surface area contributed by atoms with Crippen molar-refractivity contribution in [2.45, 2.75) is 6.92 Å². The molecule has 0 bridgehead atoms. The summed E-state index contributed by atoms with van der Waals surface area (Å²) in [6.07, 6.45) is 0. The van der Waals surface area contributed by atoms with E-state index in [0.29, 0.717) is 6.07 Å². The van der Waals surface area contributed by atoms with Crippen molar-refractivity contribution in [3.8, 4) is 0 Å². The van der Waals surface area contributed by atoms with E-state index < -0.39 is 52.7 Å². The highest BCUT2D eigenvalue weighted by atomic mass is 19.2. The quantitative estimate of drug-likeness (QED) is 0.508. The highest BCUT2D eigenvalue weighted by molar-refractivity contribution is 6.17. The van der Waals surface area contributed by atoms with Crippen LogP contribution in [0.4, 0.5) is 18.9 Å². The first-order chi connectivity index (χ1) is 9.75. The molecule has 0 spiro atoms. The van der Waals surface area contributed by atoms with Crippen LogP contribution >= 0.6 is 0 Å². The van der Waals surface area contributed by atoms with Crippen LogP contribution in [0, 0.1) is 29.3 Å². The molecule has 1 fully saturated rings. The zero-order valence-corrected chi connectivity index (χ0v) is 11.1. The zero-order chi connectivity index (χ0) is 15.9. The molecule has 5 nitrogen and oxygen atoms in total. The maximum Gasteiger partial charge on any atom is 0.242 e. The number of likely N-dealkylation sites (tertiary alicyclic amines) is 1. The average Bonchev–Trinajstić information content (AvgIpc) is 2.63. The number of hydrogen-bond donors (Lipinski definition) is 1. The van der Waals surface area contributed by atoms with Crippen molar-refractivity contribution in [3.63, 3.8) is 0 Å². The van der Waals surface area contributed by atoms with Crippen molar-refractivity contribution in [1.29, 1.82) is 0 Å². The molecular formula is C13H11F3N2O3. The van der Waals surface area contributed by atoms with Crippen LogP contribution in [0.25, 0.3) is 0 Å². The molecule has 1 N–H and O–H groups in total. The summed E-state index contributed by atoms with van der Waals surface area (Å²) in [7, 11) is 1.23. The van der Waals surface area contributed by atoms with E-state index in [1.54, 1.807) is 0 Å². The number of nitrogens with zero attached hydrogens (tertiary/aromatic N) is 1. The minimum Gasteiger partial charge on any atom is -0.323 e. The van der Waals surface area contributed by atoms with E-state index in [-0.39, 0.29) is 0 Å². The van der Waals surface area contributed by atoms with Crippen LogP contribution in [0.2, 0.25) is 0 Å². The predicted octanol–water partition coefficient (Wildman–Crippen LogP) is 1.29. The first-order valence-electron chi connectivity index (χ1n) is 6.01. The highest BCUT2D eigenvalue weighted by Gasteiger charge is 2.47. The molecule has 2 rings (SSSR count).